The second-order valence-electron chi connectivity index (χ2n) is 6.98. The maximum absolute atomic E-state index is 12.4. The van der Waals surface area contributed by atoms with E-state index in [1.54, 1.807) is 35.0 Å². The Labute approximate surface area is 174 Å². The molecule has 152 valence electrons. The standard InChI is InChI=1S/C22H23ClN2O4/c1-3-14(4-11-20(26)15-5-7-16(23)8-6-15)12-25-13-18-19(24-25)10-9-17(22(27)28)21(18)29-2/h5-10,13-14H,3-4,11-12H2,1-2H3,(H,27,28). The molecular formula is C22H23ClN2O4. The second-order valence-corrected chi connectivity index (χ2v) is 7.41. The van der Waals surface area contributed by atoms with Gasteiger partial charge in [0.2, 0.25) is 0 Å². The molecule has 2 aromatic carbocycles. The molecular weight excluding hydrogens is 392 g/mol. The Kier molecular flexibility index (Phi) is 6.54. The van der Waals surface area contributed by atoms with E-state index < -0.39 is 5.97 Å². The van der Waals surface area contributed by atoms with Crippen molar-refractivity contribution >= 4 is 34.3 Å². The van der Waals surface area contributed by atoms with Gasteiger partial charge in [-0.15, -0.1) is 0 Å². The molecule has 7 heteroatoms. The van der Waals surface area contributed by atoms with Gasteiger partial charge in [-0.2, -0.15) is 5.10 Å². The molecule has 29 heavy (non-hydrogen) atoms. The van der Waals surface area contributed by atoms with Crippen molar-refractivity contribution in [2.45, 2.75) is 32.7 Å². The smallest absolute Gasteiger partial charge is 0.339 e. The van der Waals surface area contributed by atoms with Crippen LogP contribution in [0.5, 0.6) is 5.75 Å². The number of aromatic nitrogens is 2. The number of methoxy groups -OCH3 is 1. The maximum Gasteiger partial charge on any atom is 0.339 e. The third kappa shape index (κ3) is 4.77. The van der Waals surface area contributed by atoms with Gasteiger partial charge in [0.1, 0.15) is 11.3 Å². The molecule has 0 saturated carbocycles. The van der Waals surface area contributed by atoms with Crippen LogP contribution in [0.1, 0.15) is 46.9 Å². The summed E-state index contributed by atoms with van der Waals surface area (Å²) >= 11 is 5.88. The molecule has 3 aromatic rings. The predicted octanol–water partition coefficient (Wildman–Crippen LogP) is 5.09. The zero-order chi connectivity index (χ0) is 21.0. The summed E-state index contributed by atoms with van der Waals surface area (Å²) in [5.74, 6) is -0.361. The van der Waals surface area contributed by atoms with E-state index in [1.807, 2.05) is 6.20 Å². The third-order valence-electron chi connectivity index (χ3n) is 5.09. The van der Waals surface area contributed by atoms with Crippen LogP contribution in [0.4, 0.5) is 0 Å². The van der Waals surface area contributed by atoms with Gasteiger partial charge in [-0.3, -0.25) is 9.48 Å². The number of nitrogens with zero attached hydrogens (tertiary/aromatic N) is 2. The van der Waals surface area contributed by atoms with E-state index >= 15 is 0 Å². The van der Waals surface area contributed by atoms with Crippen LogP contribution in [0.2, 0.25) is 5.02 Å². The lowest BCUT2D eigenvalue weighted by molar-refractivity contribution is 0.0693. The summed E-state index contributed by atoms with van der Waals surface area (Å²) in [6.45, 7) is 2.73. The molecule has 0 fully saturated rings. The zero-order valence-corrected chi connectivity index (χ0v) is 17.1. The van der Waals surface area contributed by atoms with Crippen LogP contribution in [-0.4, -0.2) is 33.7 Å². The summed E-state index contributed by atoms with van der Waals surface area (Å²) in [5.41, 5.74) is 1.46. The van der Waals surface area contributed by atoms with Gasteiger partial charge in [0, 0.05) is 29.7 Å². The number of ketones is 1. The molecule has 1 N–H and O–H groups in total. The summed E-state index contributed by atoms with van der Waals surface area (Å²) in [6.07, 6.45) is 3.91. The predicted molar refractivity (Wildman–Crippen MR) is 112 cm³/mol. The summed E-state index contributed by atoms with van der Waals surface area (Å²) in [5, 5.41) is 15.2. The van der Waals surface area contributed by atoms with E-state index in [4.69, 9.17) is 16.3 Å². The van der Waals surface area contributed by atoms with Crippen molar-refractivity contribution < 1.29 is 19.4 Å². The van der Waals surface area contributed by atoms with E-state index in [-0.39, 0.29) is 17.3 Å². The number of ether oxygens (including phenoxy) is 1. The molecule has 1 atom stereocenters. The number of hydrogen-bond acceptors (Lipinski definition) is 4. The topological polar surface area (TPSA) is 81.4 Å². The van der Waals surface area contributed by atoms with Crippen molar-refractivity contribution in [1.82, 2.24) is 9.78 Å². The van der Waals surface area contributed by atoms with Crippen LogP contribution in [0.25, 0.3) is 10.9 Å². The SMILES string of the molecule is CCC(CCC(=O)c1ccc(Cl)cc1)Cn1cc2c(OC)c(C(=O)O)ccc2n1. The Morgan fingerprint density at radius 3 is 2.55 bits per heavy atom. The Balaban J connectivity index is 1.71. The van der Waals surface area contributed by atoms with Crippen molar-refractivity contribution in [3.05, 3.63) is 58.7 Å². The Morgan fingerprint density at radius 2 is 1.93 bits per heavy atom. The van der Waals surface area contributed by atoms with Gasteiger partial charge in [-0.05, 0) is 48.7 Å². The van der Waals surface area contributed by atoms with Gasteiger partial charge in [-0.25, -0.2) is 4.79 Å². The first-order chi connectivity index (χ1) is 13.9. The molecule has 0 aliphatic rings. The van der Waals surface area contributed by atoms with E-state index in [1.165, 1.54) is 13.2 Å². The number of carboxylic acids is 1. The highest BCUT2D eigenvalue weighted by molar-refractivity contribution is 6.30. The average Bonchev–Trinajstić information content (AvgIpc) is 3.13. The largest absolute Gasteiger partial charge is 0.495 e. The van der Waals surface area contributed by atoms with E-state index in [2.05, 4.69) is 12.0 Å². The molecule has 0 bridgehead atoms. The summed E-state index contributed by atoms with van der Waals surface area (Å²) in [6, 6.07) is 10.1. The molecule has 0 saturated heterocycles. The number of rotatable bonds is 9. The quantitative estimate of drug-likeness (QED) is 0.493. The first kappa shape index (κ1) is 20.9. The zero-order valence-electron chi connectivity index (χ0n) is 16.4. The highest BCUT2D eigenvalue weighted by Gasteiger charge is 2.18. The fourth-order valence-electron chi connectivity index (χ4n) is 3.40. The summed E-state index contributed by atoms with van der Waals surface area (Å²) in [7, 11) is 1.45. The summed E-state index contributed by atoms with van der Waals surface area (Å²) in [4.78, 5) is 23.8. The minimum Gasteiger partial charge on any atom is -0.495 e. The van der Waals surface area contributed by atoms with Gasteiger partial charge >= 0.3 is 5.97 Å². The minimum absolute atomic E-state index is 0.0958. The highest BCUT2D eigenvalue weighted by atomic mass is 35.5. The van der Waals surface area contributed by atoms with Crippen molar-refractivity contribution in [2.24, 2.45) is 5.92 Å². The van der Waals surface area contributed by atoms with E-state index in [0.29, 0.717) is 40.2 Å². The Hall–Kier alpha value is -2.86. The monoisotopic (exact) mass is 414 g/mol. The van der Waals surface area contributed by atoms with Crippen LogP contribution in [0, 0.1) is 5.92 Å². The molecule has 6 nitrogen and oxygen atoms in total. The highest BCUT2D eigenvalue weighted by Crippen LogP contribution is 2.30. The lowest BCUT2D eigenvalue weighted by Crippen LogP contribution is -2.12. The van der Waals surface area contributed by atoms with E-state index in [0.717, 1.165) is 12.8 Å². The molecule has 0 spiro atoms. The van der Waals surface area contributed by atoms with E-state index in [9.17, 15) is 14.7 Å². The number of aromatic carboxylic acids is 1. The Bertz CT molecular complexity index is 1030. The second kappa shape index (κ2) is 9.09. The fraction of sp³-hybridized carbons (Fsp3) is 0.318. The van der Waals surface area contributed by atoms with Crippen molar-refractivity contribution in [3.63, 3.8) is 0 Å². The molecule has 1 heterocycles. The fourth-order valence-corrected chi connectivity index (χ4v) is 3.53. The number of carboxylic acid groups (broad SMARTS) is 1. The maximum atomic E-state index is 12.4. The third-order valence-corrected chi connectivity index (χ3v) is 5.34. The number of carbonyl (C=O) groups is 2. The lowest BCUT2D eigenvalue weighted by atomic mass is 9.96. The van der Waals surface area contributed by atoms with Crippen LogP contribution in [0.3, 0.4) is 0 Å². The molecule has 0 amide bonds. The number of fused-ring (bicyclic) bond motifs is 1. The molecule has 0 aliphatic carbocycles. The van der Waals surface area contributed by atoms with Gasteiger partial charge in [0.05, 0.1) is 18.0 Å². The summed E-state index contributed by atoms with van der Waals surface area (Å²) < 4.78 is 7.12. The number of halogens is 1. The number of carbonyl (C=O) groups excluding carboxylic acids is 1. The molecule has 0 aliphatic heterocycles. The average molecular weight is 415 g/mol. The van der Waals surface area contributed by atoms with Crippen molar-refractivity contribution in [1.29, 1.82) is 0 Å². The number of Topliss-reactive ketones (excluding diaryl/α,β-unsaturated/α-hetero) is 1. The van der Waals surface area contributed by atoms with Gasteiger partial charge in [-0.1, -0.05) is 24.9 Å². The Morgan fingerprint density at radius 1 is 1.21 bits per heavy atom. The lowest BCUT2D eigenvalue weighted by Gasteiger charge is -2.14. The molecule has 1 unspecified atom stereocenters. The van der Waals surface area contributed by atoms with Crippen LogP contribution in [0.15, 0.2) is 42.6 Å². The molecule has 1 aromatic heterocycles. The normalized spacial score (nSPS) is 12.1. The first-order valence-electron chi connectivity index (χ1n) is 9.49. The van der Waals surface area contributed by atoms with Crippen LogP contribution in [-0.2, 0) is 6.54 Å². The molecule has 0 radical (unpaired) electrons. The van der Waals surface area contributed by atoms with Crippen molar-refractivity contribution in [3.8, 4) is 5.75 Å². The number of benzene rings is 2. The first-order valence-corrected chi connectivity index (χ1v) is 9.87. The minimum atomic E-state index is -1.04. The van der Waals surface area contributed by atoms with Crippen LogP contribution < -0.4 is 4.74 Å². The molecule has 3 rings (SSSR count). The number of hydrogen-bond donors (Lipinski definition) is 1. The van der Waals surface area contributed by atoms with Gasteiger partial charge in [0.15, 0.2) is 5.78 Å². The van der Waals surface area contributed by atoms with Gasteiger partial charge in [0.25, 0.3) is 0 Å². The van der Waals surface area contributed by atoms with Crippen molar-refractivity contribution in [2.75, 3.05) is 7.11 Å². The van der Waals surface area contributed by atoms with Crippen LogP contribution >= 0.6 is 11.6 Å². The van der Waals surface area contributed by atoms with Gasteiger partial charge < -0.3 is 9.84 Å².